The molecule has 1 amide bonds. The van der Waals surface area contributed by atoms with E-state index >= 15 is 0 Å². The van der Waals surface area contributed by atoms with Gasteiger partial charge in [0.05, 0.1) is 16.6 Å². The molecular weight excluding hydrogens is 280 g/mol. The van der Waals surface area contributed by atoms with Gasteiger partial charge in [-0.25, -0.2) is 4.98 Å². The summed E-state index contributed by atoms with van der Waals surface area (Å²) in [5, 5.41) is 8.03. The van der Waals surface area contributed by atoms with E-state index in [1.165, 1.54) is 0 Å². The first kappa shape index (κ1) is 15.0. The molecule has 1 aliphatic heterocycles. The highest BCUT2D eigenvalue weighted by molar-refractivity contribution is 6.06. The van der Waals surface area contributed by atoms with Crippen molar-refractivity contribution in [2.45, 2.75) is 39.7 Å². The molecule has 2 aromatic rings. The van der Waals surface area contributed by atoms with E-state index < -0.39 is 0 Å². The van der Waals surface area contributed by atoms with Crippen molar-refractivity contribution in [3.63, 3.8) is 0 Å². The van der Waals surface area contributed by atoms with Crippen LogP contribution in [0.3, 0.4) is 0 Å². The molecule has 3 rings (SSSR count). The SMILES string of the molecule is Cc1noc2nc(C(C)C)cc(C(=O)N3CCNC[C@H]3C)c12. The Balaban J connectivity index is 2.11. The van der Waals surface area contributed by atoms with Crippen LogP contribution in [0.1, 0.15) is 48.4 Å². The van der Waals surface area contributed by atoms with Gasteiger partial charge in [0, 0.05) is 31.4 Å². The van der Waals surface area contributed by atoms with Crippen LogP contribution in [0.25, 0.3) is 11.1 Å². The minimum Gasteiger partial charge on any atom is -0.336 e. The lowest BCUT2D eigenvalue weighted by Crippen LogP contribution is -2.52. The first-order valence-electron chi connectivity index (χ1n) is 7.77. The fraction of sp³-hybridized carbons (Fsp3) is 0.562. The minimum atomic E-state index is 0.0367. The van der Waals surface area contributed by atoms with Gasteiger partial charge in [0.2, 0.25) is 0 Å². The van der Waals surface area contributed by atoms with E-state index in [-0.39, 0.29) is 17.9 Å². The fourth-order valence-corrected chi connectivity index (χ4v) is 2.88. The smallest absolute Gasteiger partial charge is 0.259 e. The molecule has 1 aliphatic rings. The van der Waals surface area contributed by atoms with Gasteiger partial charge < -0.3 is 14.7 Å². The van der Waals surface area contributed by atoms with Crippen LogP contribution in [0.2, 0.25) is 0 Å². The summed E-state index contributed by atoms with van der Waals surface area (Å²) >= 11 is 0. The summed E-state index contributed by atoms with van der Waals surface area (Å²) in [4.78, 5) is 19.5. The third-order valence-corrected chi connectivity index (χ3v) is 4.22. The van der Waals surface area contributed by atoms with Crippen molar-refractivity contribution in [2.24, 2.45) is 0 Å². The number of piperazine rings is 1. The normalized spacial score (nSPS) is 19.1. The highest BCUT2D eigenvalue weighted by Gasteiger charge is 2.28. The molecule has 0 saturated carbocycles. The number of fused-ring (bicyclic) bond motifs is 1. The lowest BCUT2D eigenvalue weighted by molar-refractivity contribution is 0.0657. The molecule has 6 nitrogen and oxygen atoms in total. The zero-order valence-corrected chi connectivity index (χ0v) is 13.5. The molecule has 2 aromatic heterocycles. The lowest BCUT2D eigenvalue weighted by atomic mass is 10.0. The Morgan fingerprint density at radius 2 is 2.27 bits per heavy atom. The van der Waals surface area contributed by atoms with E-state index in [4.69, 9.17) is 4.52 Å². The molecule has 0 radical (unpaired) electrons. The summed E-state index contributed by atoms with van der Waals surface area (Å²) in [6, 6.07) is 2.07. The minimum absolute atomic E-state index is 0.0367. The van der Waals surface area contributed by atoms with Crippen LogP contribution in [-0.2, 0) is 0 Å². The predicted molar refractivity (Wildman–Crippen MR) is 84.0 cm³/mol. The molecule has 0 bridgehead atoms. The van der Waals surface area contributed by atoms with Crippen molar-refractivity contribution >= 4 is 17.0 Å². The van der Waals surface area contributed by atoms with Crippen molar-refractivity contribution in [1.82, 2.24) is 20.4 Å². The second-order valence-electron chi connectivity index (χ2n) is 6.25. The summed E-state index contributed by atoms with van der Waals surface area (Å²) in [6.07, 6.45) is 0. The number of nitrogens with zero attached hydrogens (tertiary/aromatic N) is 3. The highest BCUT2D eigenvalue weighted by atomic mass is 16.5. The Labute approximate surface area is 129 Å². The largest absolute Gasteiger partial charge is 0.336 e. The van der Waals surface area contributed by atoms with Crippen molar-refractivity contribution in [2.75, 3.05) is 19.6 Å². The maximum Gasteiger partial charge on any atom is 0.259 e. The quantitative estimate of drug-likeness (QED) is 0.919. The molecule has 0 spiro atoms. The first-order chi connectivity index (χ1) is 10.5. The van der Waals surface area contributed by atoms with E-state index in [2.05, 4.69) is 36.2 Å². The monoisotopic (exact) mass is 302 g/mol. The molecule has 0 unspecified atom stereocenters. The van der Waals surface area contributed by atoms with Crippen molar-refractivity contribution in [3.8, 4) is 0 Å². The molecular formula is C16H22N4O2. The van der Waals surface area contributed by atoms with Gasteiger partial charge in [-0.15, -0.1) is 0 Å². The zero-order chi connectivity index (χ0) is 15.9. The number of pyridine rings is 1. The molecule has 1 fully saturated rings. The second-order valence-corrected chi connectivity index (χ2v) is 6.25. The van der Waals surface area contributed by atoms with Crippen LogP contribution >= 0.6 is 0 Å². The van der Waals surface area contributed by atoms with E-state index in [1.54, 1.807) is 0 Å². The van der Waals surface area contributed by atoms with Crippen LogP contribution in [0.5, 0.6) is 0 Å². The van der Waals surface area contributed by atoms with Gasteiger partial charge in [0.25, 0.3) is 11.6 Å². The Hall–Kier alpha value is -1.95. The third kappa shape index (κ3) is 2.47. The van der Waals surface area contributed by atoms with E-state index in [0.717, 1.165) is 24.2 Å². The van der Waals surface area contributed by atoms with Gasteiger partial charge in [0.1, 0.15) is 0 Å². The summed E-state index contributed by atoms with van der Waals surface area (Å²) in [5.41, 5.74) is 2.68. The zero-order valence-electron chi connectivity index (χ0n) is 13.5. The van der Waals surface area contributed by atoms with Gasteiger partial charge in [-0.2, -0.15) is 0 Å². The fourth-order valence-electron chi connectivity index (χ4n) is 2.88. The number of hydrogen-bond acceptors (Lipinski definition) is 5. The maximum atomic E-state index is 13.1. The van der Waals surface area contributed by atoms with E-state index in [1.807, 2.05) is 17.9 Å². The average Bonchev–Trinajstić information content (AvgIpc) is 2.88. The first-order valence-corrected chi connectivity index (χ1v) is 7.77. The molecule has 0 aliphatic carbocycles. The summed E-state index contributed by atoms with van der Waals surface area (Å²) < 4.78 is 5.30. The number of hydrogen-bond donors (Lipinski definition) is 1. The number of aromatic nitrogens is 2. The Bertz CT molecular complexity index is 707. The second kappa shape index (κ2) is 5.68. The van der Waals surface area contributed by atoms with Crippen LogP contribution in [-0.4, -0.2) is 46.6 Å². The maximum absolute atomic E-state index is 13.1. The molecule has 3 heterocycles. The van der Waals surface area contributed by atoms with Gasteiger partial charge in [-0.3, -0.25) is 4.79 Å². The van der Waals surface area contributed by atoms with Crippen molar-refractivity contribution in [3.05, 3.63) is 23.0 Å². The van der Waals surface area contributed by atoms with Gasteiger partial charge in [-0.1, -0.05) is 19.0 Å². The predicted octanol–water partition coefficient (Wildman–Crippen LogP) is 2.09. The Morgan fingerprint density at radius 3 is 2.95 bits per heavy atom. The summed E-state index contributed by atoms with van der Waals surface area (Å²) in [7, 11) is 0. The number of amides is 1. The van der Waals surface area contributed by atoms with E-state index in [0.29, 0.717) is 23.5 Å². The molecule has 6 heteroatoms. The topological polar surface area (TPSA) is 71.3 Å². The molecule has 1 atom stereocenters. The number of aryl methyl sites for hydroxylation is 1. The lowest BCUT2D eigenvalue weighted by Gasteiger charge is -2.34. The number of rotatable bonds is 2. The van der Waals surface area contributed by atoms with Crippen LogP contribution in [0.4, 0.5) is 0 Å². The highest BCUT2D eigenvalue weighted by Crippen LogP contribution is 2.26. The Morgan fingerprint density at radius 1 is 1.50 bits per heavy atom. The van der Waals surface area contributed by atoms with Gasteiger partial charge in [0.15, 0.2) is 0 Å². The molecule has 1 saturated heterocycles. The molecule has 22 heavy (non-hydrogen) atoms. The van der Waals surface area contributed by atoms with Crippen LogP contribution < -0.4 is 5.32 Å². The summed E-state index contributed by atoms with van der Waals surface area (Å²) in [5.74, 6) is 0.261. The van der Waals surface area contributed by atoms with Crippen LogP contribution in [0, 0.1) is 6.92 Å². The molecule has 0 aromatic carbocycles. The van der Waals surface area contributed by atoms with Crippen molar-refractivity contribution in [1.29, 1.82) is 0 Å². The Kier molecular flexibility index (Phi) is 3.87. The average molecular weight is 302 g/mol. The van der Waals surface area contributed by atoms with Gasteiger partial charge >= 0.3 is 0 Å². The standard InChI is InChI=1S/C16H22N4O2/c1-9(2)13-7-12(14-11(4)19-22-15(14)18-13)16(21)20-6-5-17-8-10(20)3/h7,9-10,17H,5-6,8H2,1-4H3/t10-/m1/s1. The molecule has 118 valence electrons. The number of nitrogens with one attached hydrogen (secondary N) is 1. The van der Waals surface area contributed by atoms with Crippen LogP contribution in [0.15, 0.2) is 10.6 Å². The van der Waals surface area contributed by atoms with Gasteiger partial charge in [-0.05, 0) is 25.8 Å². The summed E-state index contributed by atoms with van der Waals surface area (Å²) in [6.45, 7) is 10.4. The molecule has 1 N–H and O–H groups in total. The third-order valence-electron chi connectivity index (χ3n) is 4.22. The van der Waals surface area contributed by atoms with Crippen molar-refractivity contribution < 1.29 is 9.32 Å². The van der Waals surface area contributed by atoms with E-state index in [9.17, 15) is 4.79 Å². The number of carbonyl (C=O) groups is 1. The number of carbonyl (C=O) groups excluding carboxylic acids is 1.